The van der Waals surface area contributed by atoms with Gasteiger partial charge in [-0.25, -0.2) is 8.42 Å². The molecule has 8 heteroatoms. The highest BCUT2D eigenvalue weighted by Crippen LogP contribution is 2.25. The standard InChI is InChI=1S/C21H29N3O3S2/c1-4-18-6-8-19(9-7-18)17(3)22-20(25)15-23-11-13-24(14-12-23)29(26,27)21-10-5-16(2)28-21/h5-10,17H,4,11-15H2,1-3H3,(H,22,25). The number of benzene rings is 1. The van der Waals surface area contributed by atoms with Crippen LogP contribution in [0.1, 0.15) is 35.9 Å². The van der Waals surface area contributed by atoms with Crippen molar-refractivity contribution >= 4 is 27.3 Å². The van der Waals surface area contributed by atoms with Crippen molar-refractivity contribution in [2.75, 3.05) is 32.7 Å². The van der Waals surface area contributed by atoms with E-state index < -0.39 is 10.0 Å². The zero-order valence-electron chi connectivity index (χ0n) is 17.2. The molecule has 29 heavy (non-hydrogen) atoms. The maximum Gasteiger partial charge on any atom is 0.252 e. The fourth-order valence-corrected chi connectivity index (χ4v) is 6.28. The first-order valence-electron chi connectivity index (χ1n) is 9.96. The summed E-state index contributed by atoms with van der Waals surface area (Å²) in [7, 11) is -3.43. The third-order valence-electron chi connectivity index (χ3n) is 5.27. The van der Waals surface area contributed by atoms with Crippen LogP contribution in [0.5, 0.6) is 0 Å². The number of piperazine rings is 1. The number of amides is 1. The molecule has 1 aliphatic rings. The third kappa shape index (κ3) is 5.45. The number of rotatable bonds is 7. The van der Waals surface area contributed by atoms with Gasteiger partial charge in [0.1, 0.15) is 4.21 Å². The number of carbonyl (C=O) groups excluding carboxylic acids is 1. The Labute approximate surface area is 177 Å². The number of aryl methyl sites for hydroxylation is 2. The minimum Gasteiger partial charge on any atom is -0.348 e. The quantitative estimate of drug-likeness (QED) is 0.726. The zero-order chi connectivity index (χ0) is 21.0. The Morgan fingerprint density at radius 1 is 1.10 bits per heavy atom. The molecule has 2 aromatic rings. The maximum absolute atomic E-state index is 12.7. The van der Waals surface area contributed by atoms with Crippen LogP contribution in [-0.2, 0) is 21.2 Å². The molecule has 0 bridgehead atoms. The van der Waals surface area contributed by atoms with Crippen LogP contribution < -0.4 is 5.32 Å². The van der Waals surface area contributed by atoms with E-state index in [1.165, 1.54) is 21.2 Å². The lowest BCUT2D eigenvalue weighted by Crippen LogP contribution is -2.51. The van der Waals surface area contributed by atoms with Gasteiger partial charge in [0.2, 0.25) is 5.91 Å². The van der Waals surface area contributed by atoms with Crippen LogP contribution >= 0.6 is 11.3 Å². The number of hydrogen-bond donors (Lipinski definition) is 1. The fourth-order valence-electron chi connectivity index (χ4n) is 3.42. The fraction of sp³-hybridized carbons (Fsp3) is 0.476. The Balaban J connectivity index is 1.49. The van der Waals surface area contributed by atoms with Crippen molar-refractivity contribution in [3.63, 3.8) is 0 Å². The van der Waals surface area contributed by atoms with E-state index in [4.69, 9.17) is 0 Å². The van der Waals surface area contributed by atoms with Crippen LogP contribution in [0.25, 0.3) is 0 Å². The van der Waals surface area contributed by atoms with E-state index in [0.29, 0.717) is 30.4 Å². The molecule has 1 saturated heterocycles. The van der Waals surface area contributed by atoms with Gasteiger partial charge in [0.05, 0.1) is 12.6 Å². The monoisotopic (exact) mass is 435 g/mol. The van der Waals surface area contributed by atoms with Crippen molar-refractivity contribution in [1.82, 2.24) is 14.5 Å². The lowest BCUT2D eigenvalue weighted by Gasteiger charge is -2.33. The van der Waals surface area contributed by atoms with Crippen molar-refractivity contribution in [2.45, 2.75) is 37.4 Å². The second-order valence-corrected chi connectivity index (χ2v) is 10.9. The number of nitrogens with one attached hydrogen (secondary N) is 1. The summed E-state index contributed by atoms with van der Waals surface area (Å²) in [5.41, 5.74) is 2.36. The first kappa shape index (κ1) is 22.0. The molecule has 0 aliphatic carbocycles. The van der Waals surface area contributed by atoms with Crippen molar-refractivity contribution in [3.8, 4) is 0 Å². The molecule has 1 aromatic heterocycles. The molecule has 158 valence electrons. The number of carbonyl (C=O) groups is 1. The number of thiophene rings is 1. The van der Waals surface area contributed by atoms with E-state index in [-0.39, 0.29) is 18.5 Å². The molecule has 1 atom stereocenters. The summed E-state index contributed by atoms with van der Waals surface area (Å²) >= 11 is 1.30. The van der Waals surface area contributed by atoms with Crippen molar-refractivity contribution in [1.29, 1.82) is 0 Å². The molecule has 0 radical (unpaired) electrons. The van der Waals surface area contributed by atoms with E-state index in [0.717, 1.165) is 16.9 Å². The summed E-state index contributed by atoms with van der Waals surface area (Å²) in [4.78, 5) is 15.4. The van der Waals surface area contributed by atoms with Crippen LogP contribution in [0.3, 0.4) is 0 Å². The van der Waals surface area contributed by atoms with E-state index in [2.05, 4.69) is 36.5 Å². The van der Waals surface area contributed by atoms with Crippen LogP contribution in [-0.4, -0.2) is 56.3 Å². The number of nitrogens with zero attached hydrogens (tertiary/aromatic N) is 2. The van der Waals surface area contributed by atoms with Crippen LogP contribution in [0.15, 0.2) is 40.6 Å². The molecule has 1 N–H and O–H groups in total. The average molecular weight is 436 g/mol. The highest BCUT2D eigenvalue weighted by molar-refractivity contribution is 7.91. The van der Waals surface area contributed by atoms with Gasteiger partial charge < -0.3 is 5.32 Å². The summed E-state index contributed by atoms with van der Waals surface area (Å²) in [6.45, 7) is 8.19. The van der Waals surface area contributed by atoms with Gasteiger partial charge in [-0.1, -0.05) is 31.2 Å². The Morgan fingerprint density at radius 3 is 2.31 bits per heavy atom. The first-order valence-corrected chi connectivity index (χ1v) is 12.2. The Morgan fingerprint density at radius 2 is 1.76 bits per heavy atom. The lowest BCUT2D eigenvalue weighted by molar-refractivity contribution is -0.123. The van der Waals surface area contributed by atoms with E-state index in [1.807, 2.05) is 24.8 Å². The topological polar surface area (TPSA) is 69.7 Å². The summed E-state index contributed by atoms with van der Waals surface area (Å²) in [5, 5.41) is 3.04. The van der Waals surface area contributed by atoms with E-state index in [1.54, 1.807) is 6.07 Å². The summed E-state index contributed by atoms with van der Waals surface area (Å²) in [6.07, 6.45) is 0.995. The van der Waals surface area contributed by atoms with Gasteiger partial charge >= 0.3 is 0 Å². The Kier molecular flexibility index (Phi) is 7.10. The smallest absolute Gasteiger partial charge is 0.252 e. The minimum atomic E-state index is -3.43. The molecule has 6 nitrogen and oxygen atoms in total. The van der Waals surface area contributed by atoms with Gasteiger partial charge in [0, 0.05) is 31.1 Å². The molecule has 0 saturated carbocycles. The van der Waals surface area contributed by atoms with Gasteiger partial charge in [-0.2, -0.15) is 4.31 Å². The number of hydrogen-bond acceptors (Lipinski definition) is 5. The molecule has 1 fully saturated rings. The second kappa shape index (κ2) is 9.38. The summed E-state index contributed by atoms with van der Waals surface area (Å²) in [6, 6.07) is 11.7. The third-order valence-corrected chi connectivity index (χ3v) is 8.64. The Bertz CT molecular complexity index is 930. The van der Waals surface area contributed by atoms with Gasteiger partial charge in [-0.15, -0.1) is 11.3 Å². The number of sulfonamides is 1. The normalized spacial score (nSPS) is 17.2. The molecular formula is C21H29N3O3S2. The van der Waals surface area contributed by atoms with E-state index in [9.17, 15) is 13.2 Å². The highest BCUT2D eigenvalue weighted by Gasteiger charge is 2.30. The van der Waals surface area contributed by atoms with Gasteiger partial charge in [0.15, 0.2) is 0 Å². The van der Waals surface area contributed by atoms with Gasteiger partial charge in [0.25, 0.3) is 10.0 Å². The molecule has 3 rings (SSSR count). The van der Waals surface area contributed by atoms with E-state index >= 15 is 0 Å². The maximum atomic E-state index is 12.7. The molecule has 1 amide bonds. The van der Waals surface area contributed by atoms with Crippen LogP contribution in [0.2, 0.25) is 0 Å². The van der Waals surface area contributed by atoms with Gasteiger partial charge in [-0.3, -0.25) is 9.69 Å². The Hall–Kier alpha value is -1.74. The minimum absolute atomic E-state index is 0.0396. The molecule has 1 unspecified atom stereocenters. The predicted octanol–water partition coefficient (Wildman–Crippen LogP) is 2.80. The van der Waals surface area contributed by atoms with Crippen LogP contribution in [0.4, 0.5) is 0 Å². The molecule has 2 heterocycles. The molecule has 1 aliphatic heterocycles. The van der Waals surface area contributed by atoms with Crippen LogP contribution in [0, 0.1) is 6.92 Å². The SMILES string of the molecule is CCc1ccc(C(C)NC(=O)CN2CCN(S(=O)(=O)c3ccc(C)s3)CC2)cc1. The van der Waals surface area contributed by atoms with Crippen molar-refractivity contribution in [2.24, 2.45) is 0 Å². The molecular weight excluding hydrogens is 406 g/mol. The van der Waals surface area contributed by atoms with Crippen molar-refractivity contribution in [3.05, 3.63) is 52.4 Å². The van der Waals surface area contributed by atoms with Gasteiger partial charge in [-0.05, 0) is 43.5 Å². The largest absolute Gasteiger partial charge is 0.348 e. The first-order chi connectivity index (χ1) is 13.8. The summed E-state index contributed by atoms with van der Waals surface area (Å²) < 4.78 is 27.3. The molecule has 1 aromatic carbocycles. The molecule has 0 spiro atoms. The summed E-state index contributed by atoms with van der Waals surface area (Å²) in [5.74, 6) is -0.0396. The second-order valence-electron chi connectivity index (χ2n) is 7.43. The predicted molar refractivity (Wildman–Crippen MR) is 117 cm³/mol. The zero-order valence-corrected chi connectivity index (χ0v) is 18.9. The van der Waals surface area contributed by atoms with Crippen molar-refractivity contribution < 1.29 is 13.2 Å². The average Bonchev–Trinajstić information content (AvgIpc) is 3.15. The highest BCUT2D eigenvalue weighted by atomic mass is 32.2. The lowest BCUT2D eigenvalue weighted by atomic mass is 10.1.